The van der Waals surface area contributed by atoms with Gasteiger partial charge in [0.05, 0.1) is 0 Å². The van der Waals surface area contributed by atoms with Crippen molar-refractivity contribution in [1.82, 2.24) is 20.2 Å². The van der Waals surface area contributed by atoms with Crippen molar-refractivity contribution in [3.63, 3.8) is 0 Å². The van der Waals surface area contributed by atoms with Crippen LogP contribution in [0.4, 0.5) is 0 Å². The summed E-state index contributed by atoms with van der Waals surface area (Å²) in [4.78, 5) is 22.9. The van der Waals surface area contributed by atoms with Crippen LogP contribution in [-0.4, -0.2) is 33.9 Å². The van der Waals surface area contributed by atoms with Crippen LogP contribution in [0.5, 0.6) is 0 Å². The van der Waals surface area contributed by atoms with Gasteiger partial charge in [0.15, 0.2) is 0 Å². The Morgan fingerprint density at radius 1 is 1.19 bits per heavy atom. The molecule has 0 saturated carbocycles. The van der Waals surface area contributed by atoms with E-state index in [4.69, 9.17) is 0 Å². The number of nitrogens with zero attached hydrogens (tertiary/aromatic N) is 2. The normalized spacial score (nSPS) is 19.1. The van der Waals surface area contributed by atoms with Gasteiger partial charge < -0.3 is 15.2 Å². The first-order valence-electron chi connectivity index (χ1n) is 11.4. The number of nitrogens with one attached hydrogen (secondary N) is 2. The van der Waals surface area contributed by atoms with Crippen LogP contribution < -0.4 is 5.32 Å². The monoisotopic (exact) mass is 416 g/mol. The molecule has 0 radical (unpaired) electrons. The molecule has 2 aliphatic rings. The summed E-state index contributed by atoms with van der Waals surface area (Å²) in [6.07, 6.45) is 7.25. The van der Waals surface area contributed by atoms with Crippen molar-refractivity contribution in [3.8, 4) is 11.1 Å². The second-order valence-corrected chi connectivity index (χ2v) is 10.2. The molecule has 0 bridgehead atoms. The largest absolute Gasteiger partial charge is 0.346 e. The lowest BCUT2D eigenvalue weighted by molar-refractivity contribution is -0.140. The summed E-state index contributed by atoms with van der Waals surface area (Å²) in [5.74, 6) is 0.241. The maximum Gasteiger partial charge on any atom is 0.228 e. The molecular weight excluding hydrogens is 384 g/mol. The number of rotatable bonds is 2. The van der Waals surface area contributed by atoms with Crippen molar-refractivity contribution in [1.29, 1.82) is 0 Å². The lowest BCUT2D eigenvalue weighted by Crippen LogP contribution is -2.42. The highest BCUT2D eigenvalue weighted by atomic mass is 16.2. The van der Waals surface area contributed by atoms with Crippen molar-refractivity contribution in [2.75, 3.05) is 13.1 Å². The summed E-state index contributed by atoms with van der Waals surface area (Å²) in [6.45, 7) is 10.7. The predicted octanol–water partition coefficient (Wildman–Crippen LogP) is 4.89. The van der Waals surface area contributed by atoms with Crippen LogP contribution in [0, 0.1) is 12.3 Å². The van der Waals surface area contributed by atoms with E-state index in [1.165, 1.54) is 39.6 Å². The number of pyridine rings is 1. The first-order valence-corrected chi connectivity index (χ1v) is 11.4. The summed E-state index contributed by atoms with van der Waals surface area (Å²) in [7, 11) is 0. The van der Waals surface area contributed by atoms with Crippen LogP contribution >= 0.6 is 0 Å². The molecule has 2 aromatic heterocycles. The average molecular weight is 417 g/mol. The van der Waals surface area contributed by atoms with E-state index in [-0.39, 0.29) is 11.3 Å². The zero-order chi connectivity index (χ0) is 21.8. The molecule has 3 aromatic rings. The van der Waals surface area contributed by atoms with Crippen LogP contribution in [0.15, 0.2) is 30.6 Å². The molecule has 31 heavy (non-hydrogen) atoms. The highest BCUT2D eigenvalue weighted by Gasteiger charge is 2.32. The molecule has 0 unspecified atom stereocenters. The highest BCUT2D eigenvalue weighted by Crippen LogP contribution is 2.37. The molecule has 5 nitrogen and oxygen atoms in total. The van der Waals surface area contributed by atoms with Crippen LogP contribution in [0.1, 0.15) is 61.9 Å². The van der Waals surface area contributed by atoms with Gasteiger partial charge in [-0.3, -0.25) is 4.79 Å². The van der Waals surface area contributed by atoms with E-state index in [1.54, 1.807) is 0 Å². The Labute approximate surface area is 184 Å². The second kappa shape index (κ2) is 7.49. The zero-order valence-electron chi connectivity index (χ0n) is 19.0. The van der Waals surface area contributed by atoms with Crippen molar-refractivity contribution in [3.05, 3.63) is 52.8 Å². The third-order valence-electron chi connectivity index (χ3n) is 6.81. The number of aromatic amines is 1. The summed E-state index contributed by atoms with van der Waals surface area (Å²) >= 11 is 0. The van der Waals surface area contributed by atoms with Gasteiger partial charge in [0.1, 0.15) is 5.65 Å². The first-order chi connectivity index (χ1) is 14.8. The molecule has 2 N–H and O–H groups in total. The van der Waals surface area contributed by atoms with Gasteiger partial charge in [-0.1, -0.05) is 26.8 Å². The maximum atomic E-state index is 13.0. The van der Waals surface area contributed by atoms with Gasteiger partial charge in [0.25, 0.3) is 0 Å². The van der Waals surface area contributed by atoms with Gasteiger partial charge in [-0.05, 0) is 72.7 Å². The smallest absolute Gasteiger partial charge is 0.228 e. The molecule has 0 spiro atoms. The Kier molecular flexibility index (Phi) is 4.89. The standard InChI is InChI=1S/C26H32N4O/c1-16-13-28-24-20(16)12-19(14-29-24)18-10-17-7-9-30(25(31)26(2,3)4)15-22(17)21(11-18)23-6-5-8-27-23/h10-14,23,27H,5-9,15H2,1-4H3,(H,28,29)/t23-/m0/s1. The molecule has 1 fully saturated rings. The average Bonchev–Trinajstić information content (AvgIpc) is 3.41. The van der Waals surface area contributed by atoms with Gasteiger partial charge in [-0.2, -0.15) is 0 Å². The molecule has 4 heterocycles. The van der Waals surface area contributed by atoms with Gasteiger partial charge in [0.2, 0.25) is 5.91 Å². The minimum Gasteiger partial charge on any atom is -0.346 e. The van der Waals surface area contributed by atoms with Crippen LogP contribution in [-0.2, 0) is 17.8 Å². The number of benzene rings is 1. The fraction of sp³-hybridized carbons (Fsp3) is 0.462. The van der Waals surface area contributed by atoms with E-state index < -0.39 is 0 Å². The fourth-order valence-electron chi connectivity index (χ4n) is 5.07. The minimum absolute atomic E-state index is 0.241. The van der Waals surface area contributed by atoms with Crippen molar-refractivity contribution < 1.29 is 4.79 Å². The number of H-pyrrole nitrogens is 1. The number of aromatic nitrogens is 2. The van der Waals surface area contributed by atoms with Gasteiger partial charge in [-0.15, -0.1) is 0 Å². The molecule has 5 heteroatoms. The fourth-order valence-corrected chi connectivity index (χ4v) is 5.07. The predicted molar refractivity (Wildman–Crippen MR) is 125 cm³/mol. The quantitative estimate of drug-likeness (QED) is 0.625. The molecule has 2 aliphatic heterocycles. The van der Waals surface area contributed by atoms with E-state index >= 15 is 0 Å². The Bertz CT molecular complexity index is 1150. The lowest BCUT2D eigenvalue weighted by Gasteiger charge is -2.35. The second-order valence-electron chi connectivity index (χ2n) is 10.2. The number of hydrogen-bond acceptors (Lipinski definition) is 3. The number of aryl methyl sites for hydroxylation is 1. The third-order valence-corrected chi connectivity index (χ3v) is 6.81. The Morgan fingerprint density at radius 3 is 2.77 bits per heavy atom. The summed E-state index contributed by atoms with van der Waals surface area (Å²) in [5.41, 5.74) is 8.29. The molecular formula is C26H32N4O. The number of carbonyl (C=O) groups excluding carboxylic acids is 1. The Morgan fingerprint density at radius 2 is 2.03 bits per heavy atom. The summed E-state index contributed by atoms with van der Waals surface area (Å²) in [6, 6.07) is 7.29. The van der Waals surface area contributed by atoms with Crippen LogP contribution in [0.25, 0.3) is 22.2 Å². The van der Waals surface area contributed by atoms with Crippen LogP contribution in [0.2, 0.25) is 0 Å². The van der Waals surface area contributed by atoms with Gasteiger partial charge in [-0.25, -0.2) is 4.98 Å². The lowest BCUT2D eigenvalue weighted by atomic mass is 9.86. The first kappa shape index (κ1) is 20.3. The van der Waals surface area contributed by atoms with Crippen molar-refractivity contribution in [2.24, 2.45) is 5.41 Å². The third kappa shape index (κ3) is 3.65. The number of fused-ring (bicyclic) bond motifs is 2. The summed E-state index contributed by atoms with van der Waals surface area (Å²) < 4.78 is 0. The van der Waals surface area contributed by atoms with E-state index in [0.29, 0.717) is 12.6 Å². The van der Waals surface area contributed by atoms with Gasteiger partial charge in [0, 0.05) is 47.9 Å². The topological polar surface area (TPSA) is 61.0 Å². The van der Waals surface area contributed by atoms with Crippen molar-refractivity contribution >= 4 is 16.9 Å². The highest BCUT2D eigenvalue weighted by molar-refractivity contribution is 5.85. The molecule has 1 aromatic carbocycles. The zero-order valence-corrected chi connectivity index (χ0v) is 19.0. The number of carbonyl (C=O) groups is 1. The van der Waals surface area contributed by atoms with E-state index in [0.717, 1.165) is 37.1 Å². The Hall–Kier alpha value is -2.66. The molecule has 1 amide bonds. The molecule has 5 rings (SSSR count). The summed E-state index contributed by atoms with van der Waals surface area (Å²) in [5, 5.41) is 4.86. The molecule has 1 atom stereocenters. The number of amides is 1. The van der Waals surface area contributed by atoms with Crippen molar-refractivity contribution in [2.45, 2.75) is 59.5 Å². The van der Waals surface area contributed by atoms with Gasteiger partial charge >= 0.3 is 0 Å². The van der Waals surface area contributed by atoms with Crippen LogP contribution in [0.3, 0.4) is 0 Å². The van der Waals surface area contributed by atoms with E-state index in [2.05, 4.69) is 45.3 Å². The molecule has 162 valence electrons. The van der Waals surface area contributed by atoms with E-state index in [9.17, 15) is 4.79 Å². The molecule has 0 aliphatic carbocycles. The Balaban J connectivity index is 1.58. The molecule has 1 saturated heterocycles. The maximum absolute atomic E-state index is 13.0. The van der Waals surface area contributed by atoms with E-state index in [1.807, 2.05) is 33.2 Å². The SMILES string of the molecule is Cc1c[nH]c2ncc(-c3cc4c(c([C@@H]5CCCN5)c3)CN(C(=O)C(C)(C)C)CC4)cc12. The number of hydrogen-bond donors (Lipinski definition) is 2. The minimum atomic E-state index is -0.348.